The molecule has 0 aliphatic heterocycles. The van der Waals surface area contributed by atoms with Crippen LogP contribution in [0.4, 0.5) is 0 Å². The Kier molecular flexibility index (Phi) is 5.15. The largest absolute Gasteiger partial charge is 0.333 e. The van der Waals surface area contributed by atoms with Crippen molar-refractivity contribution in [1.29, 1.82) is 0 Å². The highest BCUT2D eigenvalue weighted by molar-refractivity contribution is 7.52. The topological polar surface area (TPSA) is 57.5 Å². The highest BCUT2D eigenvalue weighted by Crippen LogP contribution is 2.54. The van der Waals surface area contributed by atoms with Crippen molar-refractivity contribution in [3.05, 3.63) is 108 Å². The quantitative estimate of drug-likeness (QED) is 0.414. The molecule has 0 aliphatic rings. The Bertz CT molecular complexity index is 1130. The van der Waals surface area contributed by atoms with Gasteiger partial charge in [-0.2, -0.15) is 0 Å². The summed E-state index contributed by atoms with van der Waals surface area (Å²) in [6, 6.07) is 31.3. The van der Waals surface area contributed by atoms with Gasteiger partial charge < -0.3 is 9.79 Å². The van der Waals surface area contributed by atoms with Crippen LogP contribution in [0.3, 0.4) is 0 Å². The minimum atomic E-state index is -4.34. The van der Waals surface area contributed by atoms with Crippen molar-refractivity contribution in [2.45, 2.75) is 12.1 Å². The molecule has 140 valence electrons. The van der Waals surface area contributed by atoms with Crippen LogP contribution in [0.5, 0.6) is 0 Å². The number of hydrogen-bond donors (Lipinski definition) is 2. The Morgan fingerprint density at radius 3 is 2.00 bits per heavy atom. The van der Waals surface area contributed by atoms with E-state index in [9.17, 15) is 14.4 Å². The molecule has 2 N–H and O–H groups in total. The third kappa shape index (κ3) is 3.93. The standard InChI is InChI=1S/C24H21O3P/c25-28(26,27)24(23-12-6-10-21-9-4-5-11-22(21)23)17-18-13-15-20(16-14-18)19-7-2-1-3-8-19/h1-16,24H,17H2,(H2,25,26,27). The van der Waals surface area contributed by atoms with Gasteiger partial charge in [0.15, 0.2) is 0 Å². The molecule has 4 heteroatoms. The van der Waals surface area contributed by atoms with Crippen molar-refractivity contribution in [2.24, 2.45) is 0 Å². The van der Waals surface area contributed by atoms with Gasteiger partial charge in [0, 0.05) is 0 Å². The molecule has 0 saturated heterocycles. The van der Waals surface area contributed by atoms with Gasteiger partial charge in [0.2, 0.25) is 0 Å². The second-order valence-corrected chi connectivity index (χ2v) is 8.74. The average Bonchev–Trinajstić information content (AvgIpc) is 2.72. The molecular weight excluding hydrogens is 367 g/mol. The van der Waals surface area contributed by atoms with E-state index in [1.165, 1.54) is 0 Å². The molecule has 0 aliphatic carbocycles. The molecule has 0 saturated carbocycles. The number of benzene rings is 4. The Labute approximate surface area is 164 Å². The van der Waals surface area contributed by atoms with Crippen molar-refractivity contribution in [3.63, 3.8) is 0 Å². The van der Waals surface area contributed by atoms with Gasteiger partial charge in [-0.25, -0.2) is 0 Å². The maximum absolute atomic E-state index is 12.4. The van der Waals surface area contributed by atoms with Gasteiger partial charge in [-0.3, -0.25) is 4.57 Å². The first-order valence-corrected chi connectivity index (χ1v) is 10.9. The van der Waals surface area contributed by atoms with E-state index < -0.39 is 13.3 Å². The normalized spacial score (nSPS) is 12.8. The van der Waals surface area contributed by atoms with Gasteiger partial charge >= 0.3 is 7.60 Å². The lowest BCUT2D eigenvalue weighted by Crippen LogP contribution is -2.05. The number of hydrogen-bond acceptors (Lipinski definition) is 1. The van der Waals surface area contributed by atoms with E-state index in [0.717, 1.165) is 27.5 Å². The zero-order valence-corrected chi connectivity index (χ0v) is 16.2. The van der Waals surface area contributed by atoms with Crippen LogP contribution in [0.25, 0.3) is 21.9 Å². The zero-order chi connectivity index (χ0) is 19.6. The van der Waals surface area contributed by atoms with Crippen molar-refractivity contribution < 1.29 is 14.4 Å². The van der Waals surface area contributed by atoms with Crippen molar-refractivity contribution in [3.8, 4) is 11.1 Å². The molecule has 0 radical (unpaired) electrons. The minimum absolute atomic E-state index is 0.285. The van der Waals surface area contributed by atoms with Crippen LogP contribution in [0.1, 0.15) is 16.8 Å². The fourth-order valence-electron chi connectivity index (χ4n) is 3.64. The van der Waals surface area contributed by atoms with Crippen LogP contribution in [0.15, 0.2) is 97.1 Å². The van der Waals surface area contributed by atoms with Gasteiger partial charge in [-0.1, -0.05) is 97.1 Å². The summed E-state index contributed by atoms with van der Waals surface area (Å²) in [4.78, 5) is 20.2. The Morgan fingerprint density at radius 1 is 0.679 bits per heavy atom. The molecule has 3 nitrogen and oxygen atoms in total. The van der Waals surface area contributed by atoms with E-state index in [4.69, 9.17) is 0 Å². The summed E-state index contributed by atoms with van der Waals surface area (Å²) in [5.74, 6) is 0. The first kappa shape index (κ1) is 18.6. The van der Waals surface area contributed by atoms with Crippen LogP contribution in [0, 0.1) is 0 Å². The average molecular weight is 388 g/mol. The van der Waals surface area contributed by atoms with Crippen LogP contribution in [-0.4, -0.2) is 9.79 Å². The van der Waals surface area contributed by atoms with E-state index >= 15 is 0 Å². The van der Waals surface area contributed by atoms with Gasteiger partial charge in [0.1, 0.15) is 0 Å². The van der Waals surface area contributed by atoms with Crippen molar-refractivity contribution in [2.75, 3.05) is 0 Å². The molecule has 0 aromatic heterocycles. The minimum Gasteiger partial charge on any atom is -0.324 e. The highest BCUT2D eigenvalue weighted by Gasteiger charge is 2.31. The lowest BCUT2D eigenvalue weighted by Gasteiger charge is -2.21. The molecule has 0 spiro atoms. The van der Waals surface area contributed by atoms with Crippen molar-refractivity contribution >= 4 is 18.4 Å². The van der Waals surface area contributed by atoms with E-state index in [-0.39, 0.29) is 6.42 Å². The summed E-state index contributed by atoms with van der Waals surface area (Å²) in [5, 5.41) is 1.87. The predicted molar refractivity (Wildman–Crippen MR) is 114 cm³/mol. The van der Waals surface area contributed by atoms with Gasteiger partial charge in [-0.05, 0) is 39.4 Å². The highest BCUT2D eigenvalue weighted by atomic mass is 31.2. The lowest BCUT2D eigenvalue weighted by atomic mass is 9.97. The summed E-state index contributed by atoms with van der Waals surface area (Å²) in [6.07, 6.45) is 0.285. The van der Waals surface area contributed by atoms with Gasteiger partial charge in [0.05, 0.1) is 5.66 Å². The van der Waals surface area contributed by atoms with Crippen LogP contribution in [0.2, 0.25) is 0 Å². The molecule has 0 bridgehead atoms. The molecule has 4 aromatic carbocycles. The van der Waals surface area contributed by atoms with Crippen molar-refractivity contribution in [1.82, 2.24) is 0 Å². The summed E-state index contributed by atoms with van der Waals surface area (Å²) in [6.45, 7) is 0. The second kappa shape index (κ2) is 7.73. The third-order valence-electron chi connectivity index (χ3n) is 5.08. The van der Waals surface area contributed by atoms with E-state index in [2.05, 4.69) is 0 Å². The predicted octanol–water partition coefficient (Wildman–Crippen LogP) is 5.97. The molecule has 4 aromatic rings. The number of rotatable bonds is 5. The molecule has 28 heavy (non-hydrogen) atoms. The summed E-state index contributed by atoms with van der Waals surface area (Å²) in [5.41, 5.74) is 2.93. The first-order chi connectivity index (χ1) is 13.5. The van der Waals surface area contributed by atoms with Gasteiger partial charge in [0.25, 0.3) is 0 Å². The van der Waals surface area contributed by atoms with Crippen LogP contribution < -0.4 is 0 Å². The molecule has 0 amide bonds. The van der Waals surface area contributed by atoms with Crippen LogP contribution in [-0.2, 0) is 11.0 Å². The summed E-state index contributed by atoms with van der Waals surface area (Å²) < 4.78 is 12.4. The molecular formula is C24H21O3P. The fourth-order valence-corrected chi connectivity index (χ4v) is 4.67. The zero-order valence-electron chi connectivity index (χ0n) is 15.3. The van der Waals surface area contributed by atoms with Crippen LogP contribution >= 0.6 is 7.60 Å². The fraction of sp³-hybridized carbons (Fsp3) is 0.0833. The smallest absolute Gasteiger partial charge is 0.324 e. The lowest BCUT2D eigenvalue weighted by molar-refractivity contribution is 0.358. The van der Waals surface area contributed by atoms with E-state index in [1.807, 2.05) is 97.1 Å². The molecule has 4 rings (SSSR count). The maximum atomic E-state index is 12.4. The Morgan fingerprint density at radius 2 is 1.29 bits per heavy atom. The summed E-state index contributed by atoms with van der Waals surface area (Å²) >= 11 is 0. The third-order valence-corrected chi connectivity index (χ3v) is 6.35. The molecule has 0 fully saturated rings. The van der Waals surface area contributed by atoms with E-state index in [1.54, 1.807) is 0 Å². The van der Waals surface area contributed by atoms with Gasteiger partial charge in [-0.15, -0.1) is 0 Å². The second-order valence-electron chi connectivity index (χ2n) is 6.94. The SMILES string of the molecule is O=P(O)(O)C(Cc1ccc(-c2ccccc2)cc1)c1cccc2ccccc12. The molecule has 0 heterocycles. The first-order valence-electron chi connectivity index (χ1n) is 9.19. The molecule has 1 unspecified atom stereocenters. The maximum Gasteiger partial charge on any atom is 0.333 e. The monoisotopic (exact) mass is 388 g/mol. The van der Waals surface area contributed by atoms with E-state index in [0.29, 0.717) is 5.56 Å². The summed E-state index contributed by atoms with van der Waals surface area (Å²) in [7, 11) is -4.34. The Balaban J connectivity index is 1.69. The molecule has 1 atom stereocenters. The Hall–Kier alpha value is -2.71. The number of fused-ring (bicyclic) bond motifs is 1.